The van der Waals surface area contributed by atoms with Crippen LogP contribution in [0.5, 0.6) is 0 Å². The molecule has 0 amide bonds. The van der Waals surface area contributed by atoms with Crippen LogP contribution < -0.4 is 0 Å². The van der Waals surface area contributed by atoms with Gasteiger partial charge in [0, 0.05) is 0 Å². The molecule has 0 heterocycles. The molecule has 0 aliphatic carbocycles. The van der Waals surface area contributed by atoms with E-state index in [2.05, 4.69) is 9.47 Å². The van der Waals surface area contributed by atoms with Gasteiger partial charge in [0.1, 0.15) is 0 Å². The standard InChI is InChI=1S/2C4H7O2.O.Sn/c2*1-3-4(5)6-2;;/h2*1,3H2,2H3;;/q;;-2;+2. The minimum atomic E-state index is -0.551. The van der Waals surface area contributed by atoms with Gasteiger partial charge in [-0.25, -0.2) is 0 Å². The van der Waals surface area contributed by atoms with E-state index < -0.39 is 21.1 Å². The van der Waals surface area contributed by atoms with Gasteiger partial charge < -0.3 is 5.48 Å². The molecule has 0 aromatic carbocycles. The molecule has 14 heavy (non-hydrogen) atoms. The third kappa shape index (κ3) is 9.78. The number of carbonyl (C=O) groups is 2. The summed E-state index contributed by atoms with van der Waals surface area (Å²) in [4.78, 5) is 21.4. The Morgan fingerprint density at radius 3 is 1.64 bits per heavy atom. The van der Waals surface area contributed by atoms with Crippen molar-refractivity contribution >= 4 is 33.1 Å². The van der Waals surface area contributed by atoms with E-state index in [-0.39, 0.29) is 17.4 Å². The Balaban J connectivity index is 0. The maximum Gasteiger partial charge on any atom is -2.00 e. The molecule has 0 spiro atoms. The fourth-order valence-corrected chi connectivity index (χ4v) is 3.60. The van der Waals surface area contributed by atoms with Gasteiger partial charge in [0.25, 0.3) is 0 Å². The third-order valence-corrected chi connectivity index (χ3v) is 4.91. The second kappa shape index (κ2) is 10.8. The zero-order valence-corrected chi connectivity index (χ0v) is 11.2. The van der Waals surface area contributed by atoms with Crippen LogP contribution in [0.4, 0.5) is 0 Å². The Morgan fingerprint density at radius 2 is 1.36 bits per heavy atom. The molecule has 0 unspecified atom stereocenters. The Morgan fingerprint density at radius 1 is 1.00 bits per heavy atom. The molecular formula is C8H14O5Sn. The van der Waals surface area contributed by atoms with Crippen molar-refractivity contribution in [1.82, 2.24) is 0 Å². The van der Waals surface area contributed by atoms with Crippen LogP contribution in [-0.2, 0) is 24.5 Å². The van der Waals surface area contributed by atoms with E-state index in [1.807, 2.05) is 0 Å². The predicted octanol–water partition coefficient (Wildman–Crippen LogP) is 0.535. The van der Waals surface area contributed by atoms with Gasteiger partial charge >= 0.3 is 88.1 Å². The third-order valence-electron chi connectivity index (χ3n) is 1.47. The van der Waals surface area contributed by atoms with Crippen molar-refractivity contribution in [2.75, 3.05) is 14.2 Å². The molecule has 0 saturated carbocycles. The summed E-state index contributed by atoms with van der Waals surface area (Å²) in [5, 5.41) is 0. The summed E-state index contributed by atoms with van der Waals surface area (Å²) >= 11 is -0.551. The first-order valence-electron chi connectivity index (χ1n) is 4.05. The Labute approximate surface area is 93.7 Å². The number of ether oxygens (including phenoxy) is 2. The molecule has 80 valence electrons. The molecule has 0 aromatic heterocycles. The van der Waals surface area contributed by atoms with Crippen LogP contribution >= 0.6 is 0 Å². The van der Waals surface area contributed by atoms with Crippen molar-refractivity contribution < 1.29 is 24.5 Å². The SMILES string of the molecule is COC(=O)C[CH2][Sn+2][CH2]CC(=O)OC.[O-2]. The summed E-state index contributed by atoms with van der Waals surface area (Å²) in [6.45, 7) is 0. The van der Waals surface area contributed by atoms with Crippen molar-refractivity contribution in [3.05, 3.63) is 0 Å². The Bertz CT molecular complexity index is 153. The van der Waals surface area contributed by atoms with Gasteiger partial charge in [-0.15, -0.1) is 0 Å². The van der Waals surface area contributed by atoms with Crippen LogP contribution in [-0.4, -0.2) is 47.3 Å². The summed E-state index contributed by atoms with van der Waals surface area (Å²) in [5.41, 5.74) is 0. The number of rotatable bonds is 6. The molecule has 0 radical (unpaired) electrons. The zero-order chi connectivity index (χ0) is 10.1. The quantitative estimate of drug-likeness (QED) is 0.407. The van der Waals surface area contributed by atoms with E-state index in [9.17, 15) is 9.59 Å². The normalized spacial score (nSPS) is 8.14. The molecular weight excluding hydrogens is 295 g/mol. The fraction of sp³-hybridized carbons (Fsp3) is 0.750. The molecule has 0 aliphatic heterocycles. The first-order chi connectivity index (χ1) is 6.20. The maximum absolute atomic E-state index is 10.7. The first kappa shape index (κ1) is 16.1. The van der Waals surface area contributed by atoms with Gasteiger partial charge in [-0.05, 0) is 0 Å². The second-order valence-corrected chi connectivity index (χ2v) is 6.68. The van der Waals surface area contributed by atoms with E-state index in [1.165, 1.54) is 14.2 Å². The van der Waals surface area contributed by atoms with E-state index in [4.69, 9.17) is 0 Å². The van der Waals surface area contributed by atoms with Crippen LogP contribution in [0.2, 0.25) is 8.87 Å². The second-order valence-electron chi connectivity index (χ2n) is 2.40. The molecule has 0 fully saturated rings. The zero-order valence-electron chi connectivity index (χ0n) is 8.37. The van der Waals surface area contributed by atoms with Gasteiger partial charge in [-0.2, -0.15) is 0 Å². The Kier molecular flexibility index (Phi) is 12.4. The van der Waals surface area contributed by atoms with Crippen LogP contribution in [0.1, 0.15) is 12.8 Å². The number of hydrogen-bond acceptors (Lipinski definition) is 4. The maximum atomic E-state index is 10.7. The minimum Gasteiger partial charge on any atom is -2.00 e. The van der Waals surface area contributed by atoms with Crippen LogP contribution in [0.3, 0.4) is 0 Å². The van der Waals surface area contributed by atoms with Gasteiger partial charge in [-0.3, -0.25) is 0 Å². The van der Waals surface area contributed by atoms with Crippen LogP contribution in [0, 0.1) is 0 Å². The van der Waals surface area contributed by atoms with E-state index in [0.29, 0.717) is 12.8 Å². The molecule has 0 rings (SSSR count). The number of methoxy groups -OCH3 is 2. The topological polar surface area (TPSA) is 81.1 Å². The summed E-state index contributed by atoms with van der Waals surface area (Å²) in [5.74, 6) is -0.307. The molecule has 0 atom stereocenters. The monoisotopic (exact) mass is 310 g/mol. The molecule has 0 saturated heterocycles. The van der Waals surface area contributed by atoms with Gasteiger partial charge in [0.05, 0.1) is 0 Å². The molecule has 0 aromatic rings. The summed E-state index contributed by atoms with van der Waals surface area (Å²) in [6.07, 6.45) is 1.01. The van der Waals surface area contributed by atoms with E-state index in [1.54, 1.807) is 0 Å². The minimum absolute atomic E-state index is 0. The van der Waals surface area contributed by atoms with Gasteiger partial charge in [-0.1, -0.05) is 0 Å². The van der Waals surface area contributed by atoms with Gasteiger partial charge in [0.2, 0.25) is 0 Å². The van der Waals surface area contributed by atoms with E-state index >= 15 is 0 Å². The first-order valence-corrected chi connectivity index (χ1v) is 8.08. The molecule has 0 bridgehead atoms. The average molecular weight is 309 g/mol. The fourth-order valence-electron chi connectivity index (χ4n) is 0.710. The van der Waals surface area contributed by atoms with Crippen molar-refractivity contribution in [3.8, 4) is 0 Å². The Hall–Kier alpha value is -0.301. The number of hydrogen-bond donors (Lipinski definition) is 0. The largest absolute Gasteiger partial charge is 2.00 e. The smallest absolute Gasteiger partial charge is 2.00 e. The van der Waals surface area contributed by atoms with Gasteiger partial charge in [0.15, 0.2) is 0 Å². The van der Waals surface area contributed by atoms with Crippen molar-refractivity contribution in [1.29, 1.82) is 0 Å². The van der Waals surface area contributed by atoms with Crippen molar-refractivity contribution in [2.24, 2.45) is 0 Å². The predicted molar refractivity (Wildman–Crippen MR) is 49.3 cm³/mol. The average Bonchev–Trinajstić information content (AvgIpc) is 2.16. The summed E-state index contributed by atoms with van der Waals surface area (Å²) in [6, 6.07) is 0. The number of esters is 2. The van der Waals surface area contributed by atoms with Crippen molar-refractivity contribution in [2.45, 2.75) is 21.7 Å². The molecule has 6 heteroatoms. The molecule has 0 aliphatic rings. The number of carbonyl (C=O) groups excluding carboxylic acids is 2. The summed E-state index contributed by atoms with van der Waals surface area (Å²) < 4.78 is 10.9. The van der Waals surface area contributed by atoms with Crippen molar-refractivity contribution in [3.63, 3.8) is 0 Å². The molecule has 5 nitrogen and oxygen atoms in total. The molecule has 0 N–H and O–H groups in total. The van der Waals surface area contributed by atoms with Crippen LogP contribution in [0.25, 0.3) is 0 Å². The van der Waals surface area contributed by atoms with E-state index in [0.717, 1.165) is 8.87 Å². The van der Waals surface area contributed by atoms with Crippen LogP contribution in [0.15, 0.2) is 0 Å². The summed E-state index contributed by atoms with van der Waals surface area (Å²) in [7, 11) is 2.78.